The maximum Gasteiger partial charge on any atom is 0.175 e. The van der Waals surface area contributed by atoms with Crippen molar-refractivity contribution in [3.8, 4) is 11.5 Å². The zero-order valence-corrected chi connectivity index (χ0v) is 13.1. The van der Waals surface area contributed by atoms with Crippen LogP contribution in [0.5, 0.6) is 11.5 Å². The van der Waals surface area contributed by atoms with E-state index in [1.54, 1.807) is 0 Å². The van der Waals surface area contributed by atoms with Gasteiger partial charge in [0.1, 0.15) is 13.2 Å². The van der Waals surface area contributed by atoms with Gasteiger partial charge in [0.25, 0.3) is 0 Å². The third kappa shape index (κ3) is 3.86. The Morgan fingerprint density at radius 3 is 2.68 bits per heavy atom. The van der Waals surface area contributed by atoms with Gasteiger partial charge >= 0.3 is 0 Å². The Kier molecular flexibility index (Phi) is 5.11. The van der Waals surface area contributed by atoms with Crippen molar-refractivity contribution in [3.05, 3.63) is 22.2 Å². The average molecular weight is 329 g/mol. The van der Waals surface area contributed by atoms with E-state index in [1.165, 1.54) is 0 Å². The van der Waals surface area contributed by atoms with Crippen molar-refractivity contribution < 1.29 is 14.6 Å². The van der Waals surface area contributed by atoms with Gasteiger partial charge in [-0.2, -0.15) is 0 Å². The van der Waals surface area contributed by atoms with Crippen LogP contribution < -0.4 is 9.47 Å². The molecule has 0 spiro atoms. The molecule has 1 aromatic carbocycles. The highest BCUT2D eigenvalue weighted by molar-refractivity contribution is 9.10. The van der Waals surface area contributed by atoms with E-state index < -0.39 is 6.10 Å². The van der Waals surface area contributed by atoms with Crippen LogP contribution in [0.3, 0.4) is 0 Å². The summed E-state index contributed by atoms with van der Waals surface area (Å²) in [7, 11) is 0. The number of benzene rings is 1. The van der Waals surface area contributed by atoms with Crippen molar-refractivity contribution in [1.29, 1.82) is 0 Å². The molecule has 3 nitrogen and oxygen atoms in total. The second kappa shape index (κ2) is 6.62. The fourth-order valence-corrected chi connectivity index (χ4v) is 2.78. The lowest BCUT2D eigenvalue weighted by Crippen LogP contribution is -2.16. The van der Waals surface area contributed by atoms with E-state index in [1.807, 2.05) is 12.1 Å². The lowest BCUT2D eigenvalue weighted by Gasteiger charge is -2.21. The van der Waals surface area contributed by atoms with Crippen LogP contribution in [-0.4, -0.2) is 18.3 Å². The topological polar surface area (TPSA) is 38.7 Å². The number of halogens is 1. The molecule has 0 saturated heterocycles. The minimum absolute atomic E-state index is 0.439. The molecule has 1 aliphatic rings. The van der Waals surface area contributed by atoms with E-state index in [2.05, 4.69) is 29.8 Å². The highest BCUT2D eigenvalue weighted by Crippen LogP contribution is 2.40. The lowest BCUT2D eigenvalue weighted by atomic mass is 10.00. The number of hydrogen-bond donors (Lipinski definition) is 1. The second-order valence-corrected chi connectivity index (χ2v) is 6.22. The summed E-state index contributed by atoms with van der Waals surface area (Å²) >= 11 is 3.48. The third-order valence-corrected chi connectivity index (χ3v) is 3.85. The summed E-state index contributed by atoms with van der Waals surface area (Å²) in [5.74, 6) is 2.14. The number of ether oxygens (including phenoxy) is 2. The number of aliphatic hydroxyl groups excluding tert-OH is 1. The molecule has 1 aliphatic heterocycles. The molecule has 0 radical (unpaired) electrons. The van der Waals surface area contributed by atoms with Gasteiger partial charge in [-0.1, -0.05) is 26.7 Å². The van der Waals surface area contributed by atoms with E-state index in [9.17, 15) is 5.11 Å². The predicted molar refractivity (Wildman–Crippen MR) is 78.8 cm³/mol. The normalized spacial score (nSPS) is 15.6. The molecule has 0 fully saturated rings. The number of fused-ring (bicyclic) bond motifs is 1. The summed E-state index contributed by atoms with van der Waals surface area (Å²) in [4.78, 5) is 0. The van der Waals surface area contributed by atoms with Crippen LogP contribution >= 0.6 is 15.9 Å². The van der Waals surface area contributed by atoms with Gasteiger partial charge in [-0.25, -0.2) is 0 Å². The Morgan fingerprint density at radius 2 is 1.95 bits per heavy atom. The Hall–Kier alpha value is -0.740. The Morgan fingerprint density at radius 1 is 1.21 bits per heavy atom. The van der Waals surface area contributed by atoms with Crippen LogP contribution in [-0.2, 0) is 0 Å². The van der Waals surface area contributed by atoms with Gasteiger partial charge in [0.15, 0.2) is 11.5 Å². The molecule has 0 amide bonds. The molecule has 1 N–H and O–H groups in total. The van der Waals surface area contributed by atoms with Gasteiger partial charge in [-0.05, 0) is 46.0 Å². The van der Waals surface area contributed by atoms with E-state index in [0.717, 1.165) is 40.8 Å². The predicted octanol–water partition coefficient (Wildman–Crippen LogP) is 4.08. The number of hydrogen-bond acceptors (Lipinski definition) is 3. The molecule has 4 heteroatoms. The lowest BCUT2D eigenvalue weighted by molar-refractivity contribution is 0.155. The standard InChI is InChI=1S/C15H21BrO3/c1-10(2)4-3-5-13(17)11-8-12(16)15-14(9-11)18-6-7-19-15/h8-10,13,17H,3-7H2,1-2H3. The van der Waals surface area contributed by atoms with Crippen LogP contribution in [0.2, 0.25) is 0 Å². The first-order valence-corrected chi connectivity index (χ1v) is 7.64. The minimum atomic E-state index is -0.439. The van der Waals surface area contributed by atoms with Crippen LogP contribution in [0.25, 0.3) is 0 Å². The van der Waals surface area contributed by atoms with Gasteiger partial charge < -0.3 is 14.6 Å². The monoisotopic (exact) mass is 328 g/mol. The zero-order chi connectivity index (χ0) is 13.8. The maximum absolute atomic E-state index is 10.2. The van der Waals surface area contributed by atoms with Gasteiger partial charge in [-0.3, -0.25) is 0 Å². The van der Waals surface area contributed by atoms with E-state index in [4.69, 9.17) is 9.47 Å². The first kappa shape index (κ1) is 14.7. The van der Waals surface area contributed by atoms with E-state index in [-0.39, 0.29) is 0 Å². The maximum atomic E-state index is 10.2. The molecule has 0 aliphatic carbocycles. The molecule has 0 aromatic heterocycles. The highest BCUT2D eigenvalue weighted by atomic mass is 79.9. The Labute approximate surface area is 123 Å². The molecular formula is C15H21BrO3. The van der Waals surface area contributed by atoms with Crippen LogP contribution in [0.1, 0.15) is 44.8 Å². The van der Waals surface area contributed by atoms with Crippen molar-refractivity contribution in [2.75, 3.05) is 13.2 Å². The molecule has 1 unspecified atom stereocenters. The second-order valence-electron chi connectivity index (χ2n) is 5.37. The van der Waals surface area contributed by atoms with Crippen molar-refractivity contribution >= 4 is 15.9 Å². The number of aliphatic hydroxyl groups is 1. The fraction of sp³-hybridized carbons (Fsp3) is 0.600. The molecule has 0 bridgehead atoms. The molecule has 19 heavy (non-hydrogen) atoms. The Balaban J connectivity index is 2.05. The van der Waals surface area contributed by atoms with Crippen molar-refractivity contribution in [2.24, 2.45) is 5.92 Å². The number of rotatable bonds is 5. The molecule has 1 atom stereocenters. The van der Waals surface area contributed by atoms with Crippen LogP contribution in [0, 0.1) is 5.92 Å². The molecule has 1 aromatic rings. The van der Waals surface area contributed by atoms with Gasteiger partial charge in [-0.15, -0.1) is 0 Å². The summed E-state index contributed by atoms with van der Waals surface area (Å²) in [5.41, 5.74) is 0.889. The molecule has 1 heterocycles. The summed E-state index contributed by atoms with van der Waals surface area (Å²) in [6, 6.07) is 3.81. The van der Waals surface area contributed by atoms with Gasteiger partial charge in [0.2, 0.25) is 0 Å². The van der Waals surface area contributed by atoms with E-state index in [0.29, 0.717) is 19.1 Å². The first-order valence-electron chi connectivity index (χ1n) is 6.85. The molecule has 0 saturated carbocycles. The Bertz CT molecular complexity index is 432. The summed E-state index contributed by atoms with van der Waals surface area (Å²) in [6.07, 6.45) is 2.52. The molecule has 106 valence electrons. The quantitative estimate of drug-likeness (QED) is 0.885. The first-order chi connectivity index (χ1) is 9.08. The van der Waals surface area contributed by atoms with Crippen molar-refractivity contribution in [1.82, 2.24) is 0 Å². The van der Waals surface area contributed by atoms with E-state index >= 15 is 0 Å². The van der Waals surface area contributed by atoms with Gasteiger partial charge in [0.05, 0.1) is 10.6 Å². The smallest absolute Gasteiger partial charge is 0.175 e. The SMILES string of the molecule is CC(C)CCCC(O)c1cc(Br)c2c(c1)OCCO2. The summed E-state index contributed by atoms with van der Waals surface area (Å²) in [6.45, 7) is 5.54. The average Bonchev–Trinajstić information content (AvgIpc) is 2.38. The third-order valence-electron chi connectivity index (χ3n) is 3.26. The van der Waals surface area contributed by atoms with Crippen molar-refractivity contribution in [2.45, 2.75) is 39.2 Å². The molecular weight excluding hydrogens is 308 g/mol. The van der Waals surface area contributed by atoms with Crippen LogP contribution in [0.15, 0.2) is 16.6 Å². The zero-order valence-electron chi connectivity index (χ0n) is 11.5. The fourth-order valence-electron chi connectivity index (χ4n) is 2.21. The van der Waals surface area contributed by atoms with Crippen LogP contribution in [0.4, 0.5) is 0 Å². The highest BCUT2D eigenvalue weighted by Gasteiger charge is 2.19. The summed E-state index contributed by atoms with van der Waals surface area (Å²) in [5, 5.41) is 10.2. The molecule has 2 rings (SSSR count). The largest absolute Gasteiger partial charge is 0.486 e. The summed E-state index contributed by atoms with van der Waals surface area (Å²) < 4.78 is 12.0. The van der Waals surface area contributed by atoms with Crippen molar-refractivity contribution in [3.63, 3.8) is 0 Å². The van der Waals surface area contributed by atoms with Gasteiger partial charge in [0, 0.05) is 0 Å². The minimum Gasteiger partial charge on any atom is -0.486 e.